The summed E-state index contributed by atoms with van der Waals surface area (Å²) in [6, 6.07) is 22.0. The van der Waals surface area contributed by atoms with Crippen LogP contribution in [0, 0.1) is 5.82 Å². The predicted molar refractivity (Wildman–Crippen MR) is 140 cm³/mol. The molecule has 0 N–H and O–H groups in total. The van der Waals surface area contributed by atoms with Crippen LogP contribution in [0.25, 0.3) is 5.69 Å². The van der Waals surface area contributed by atoms with Gasteiger partial charge in [0.2, 0.25) is 12.7 Å². The van der Waals surface area contributed by atoms with E-state index in [4.69, 9.17) is 9.47 Å². The number of carbonyl (C=O) groups is 2. The van der Waals surface area contributed by atoms with Gasteiger partial charge in [-0.15, -0.1) is 0 Å². The molecule has 3 aromatic carbocycles. The van der Waals surface area contributed by atoms with Gasteiger partial charge < -0.3 is 18.9 Å². The van der Waals surface area contributed by atoms with Gasteiger partial charge in [-0.25, -0.2) is 4.39 Å². The summed E-state index contributed by atoms with van der Waals surface area (Å²) in [6.07, 6.45) is 1.95. The van der Waals surface area contributed by atoms with Gasteiger partial charge >= 0.3 is 0 Å². The molecule has 4 aromatic rings. The van der Waals surface area contributed by atoms with Crippen LogP contribution in [0.15, 0.2) is 85.1 Å². The summed E-state index contributed by atoms with van der Waals surface area (Å²) >= 11 is 0. The molecule has 0 radical (unpaired) electrons. The first-order chi connectivity index (χ1) is 18.4. The van der Waals surface area contributed by atoms with E-state index in [1.807, 2.05) is 61.0 Å². The van der Waals surface area contributed by atoms with Crippen LogP contribution in [0.5, 0.6) is 11.5 Å². The highest BCUT2D eigenvalue weighted by Crippen LogP contribution is 2.42. The van der Waals surface area contributed by atoms with Crippen LogP contribution in [-0.4, -0.2) is 40.7 Å². The van der Waals surface area contributed by atoms with Crippen molar-refractivity contribution in [2.24, 2.45) is 0 Å². The maximum absolute atomic E-state index is 14.2. The average molecular weight is 512 g/mol. The van der Waals surface area contributed by atoms with Gasteiger partial charge in [-0.05, 0) is 74.0 Å². The number of para-hydroxylation sites is 2. The molecule has 0 bridgehead atoms. The van der Waals surface area contributed by atoms with Gasteiger partial charge in [-0.1, -0.05) is 24.3 Å². The summed E-state index contributed by atoms with van der Waals surface area (Å²) in [5.41, 5.74) is 3.64. The number of ether oxygens (including phenoxy) is 2. The third-order valence-corrected chi connectivity index (χ3v) is 6.98. The number of aromatic nitrogens is 1. The lowest BCUT2D eigenvalue weighted by molar-refractivity contribution is -0.120. The quantitative estimate of drug-likeness (QED) is 0.363. The van der Waals surface area contributed by atoms with Crippen molar-refractivity contribution < 1.29 is 23.5 Å². The molecule has 0 aliphatic carbocycles. The zero-order valence-electron chi connectivity index (χ0n) is 21.0. The zero-order valence-corrected chi connectivity index (χ0v) is 21.0. The Morgan fingerprint density at radius 2 is 1.68 bits per heavy atom. The third kappa shape index (κ3) is 3.98. The number of hydrogen-bond donors (Lipinski definition) is 0. The normalized spacial score (nSPS) is 15.3. The van der Waals surface area contributed by atoms with Crippen molar-refractivity contribution in [3.8, 4) is 17.2 Å². The molecule has 0 saturated heterocycles. The molecule has 7 nitrogen and oxygen atoms in total. The molecule has 6 rings (SSSR count). The van der Waals surface area contributed by atoms with Gasteiger partial charge in [-0.3, -0.25) is 14.5 Å². The van der Waals surface area contributed by atoms with Gasteiger partial charge in [0.25, 0.3) is 5.91 Å². The predicted octanol–water partition coefficient (Wildman–Crippen LogP) is 5.33. The van der Waals surface area contributed by atoms with Crippen LogP contribution in [0.2, 0.25) is 0 Å². The topological polar surface area (TPSA) is 64.0 Å². The fraction of sp³-hybridized carbons (Fsp3) is 0.200. The van der Waals surface area contributed by atoms with Gasteiger partial charge in [0.05, 0.1) is 17.1 Å². The molecule has 1 unspecified atom stereocenters. The van der Waals surface area contributed by atoms with Crippen molar-refractivity contribution in [1.82, 2.24) is 9.47 Å². The Kier molecular flexibility index (Phi) is 5.87. The second kappa shape index (κ2) is 9.37. The van der Waals surface area contributed by atoms with Crippen molar-refractivity contribution in [2.75, 3.05) is 18.2 Å². The van der Waals surface area contributed by atoms with E-state index in [-0.39, 0.29) is 37.0 Å². The summed E-state index contributed by atoms with van der Waals surface area (Å²) in [5, 5.41) is 0. The standard InChI is InChI=1S/C30H26FN3O4/c1-19(2)33(30(36)21-11-14-26-27(16-21)38-18-37-26)17-28(35)34-24-7-4-3-6-23(24)32-15-5-8-25(32)29(34)20-9-12-22(31)13-10-20/h3-16,19,29H,17-18H2,1-2H3. The number of nitrogens with zero attached hydrogens (tertiary/aromatic N) is 3. The Bertz CT molecular complexity index is 1530. The van der Waals surface area contributed by atoms with Gasteiger partial charge in [0.1, 0.15) is 18.4 Å². The molecule has 2 amide bonds. The number of fused-ring (bicyclic) bond motifs is 4. The molecule has 0 fully saturated rings. The summed E-state index contributed by atoms with van der Waals surface area (Å²) in [4.78, 5) is 31.1. The maximum Gasteiger partial charge on any atom is 0.254 e. The Morgan fingerprint density at radius 3 is 2.45 bits per heavy atom. The zero-order chi connectivity index (χ0) is 26.4. The average Bonchev–Trinajstić information content (AvgIpc) is 3.60. The van der Waals surface area contributed by atoms with E-state index in [2.05, 4.69) is 0 Å². The van der Waals surface area contributed by atoms with Crippen molar-refractivity contribution >= 4 is 17.5 Å². The molecule has 0 spiro atoms. The largest absolute Gasteiger partial charge is 0.454 e. The minimum atomic E-state index is -0.498. The van der Waals surface area contributed by atoms with E-state index in [1.54, 1.807) is 40.1 Å². The molecule has 2 aliphatic rings. The Labute approximate surface area is 219 Å². The Morgan fingerprint density at radius 1 is 0.947 bits per heavy atom. The lowest BCUT2D eigenvalue weighted by Crippen LogP contribution is -2.48. The monoisotopic (exact) mass is 511 g/mol. The fourth-order valence-electron chi connectivity index (χ4n) is 5.13. The number of amides is 2. The molecular weight excluding hydrogens is 485 g/mol. The highest BCUT2D eigenvalue weighted by Gasteiger charge is 2.37. The first-order valence-electron chi connectivity index (χ1n) is 12.5. The molecule has 38 heavy (non-hydrogen) atoms. The van der Waals surface area contributed by atoms with E-state index < -0.39 is 6.04 Å². The third-order valence-electron chi connectivity index (χ3n) is 6.98. The van der Waals surface area contributed by atoms with E-state index in [1.165, 1.54) is 12.1 Å². The Hall–Kier alpha value is -4.59. The molecule has 2 aliphatic heterocycles. The van der Waals surface area contributed by atoms with Crippen molar-refractivity contribution in [2.45, 2.75) is 25.9 Å². The molecule has 1 aromatic heterocycles. The van der Waals surface area contributed by atoms with Gasteiger partial charge in [0, 0.05) is 17.8 Å². The molecular formula is C30H26FN3O4. The second-order valence-corrected chi connectivity index (χ2v) is 9.60. The lowest BCUT2D eigenvalue weighted by Gasteiger charge is -2.40. The number of rotatable bonds is 5. The molecule has 8 heteroatoms. The van der Waals surface area contributed by atoms with Gasteiger partial charge in [-0.2, -0.15) is 0 Å². The first kappa shape index (κ1) is 23.8. The highest BCUT2D eigenvalue weighted by atomic mass is 19.1. The van der Waals surface area contributed by atoms with Crippen molar-refractivity contribution in [3.63, 3.8) is 0 Å². The molecule has 3 heterocycles. The van der Waals surface area contributed by atoms with E-state index >= 15 is 0 Å². The number of benzene rings is 3. The first-order valence-corrected chi connectivity index (χ1v) is 12.5. The van der Waals surface area contributed by atoms with Crippen LogP contribution >= 0.6 is 0 Å². The van der Waals surface area contributed by atoms with Crippen molar-refractivity contribution in [3.05, 3.63) is 108 Å². The summed E-state index contributed by atoms with van der Waals surface area (Å²) < 4.78 is 26.7. The van der Waals surface area contributed by atoms with Crippen LogP contribution in [0.1, 0.15) is 41.5 Å². The number of hydrogen-bond acceptors (Lipinski definition) is 4. The van der Waals surface area contributed by atoms with Crippen LogP contribution in [-0.2, 0) is 4.79 Å². The second-order valence-electron chi connectivity index (χ2n) is 9.60. The highest BCUT2D eigenvalue weighted by molar-refractivity contribution is 6.03. The van der Waals surface area contributed by atoms with E-state index in [9.17, 15) is 14.0 Å². The Balaban J connectivity index is 1.39. The summed E-state index contributed by atoms with van der Waals surface area (Å²) in [7, 11) is 0. The van der Waals surface area contributed by atoms with Crippen LogP contribution < -0.4 is 14.4 Å². The van der Waals surface area contributed by atoms with Crippen LogP contribution in [0.3, 0.4) is 0 Å². The van der Waals surface area contributed by atoms with Crippen molar-refractivity contribution in [1.29, 1.82) is 0 Å². The van der Waals surface area contributed by atoms with Crippen LogP contribution in [0.4, 0.5) is 10.1 Å². The van der Waals surface area contributed by atoms with E-state index in [0.29, 0.717) is 17.1 Å². The molecule has 1 atom stereocenters. The fourth-order valence-corrected chi connectivity index (χ4v) is 5.13. The van der Waals surface area contributed by atoms with E-state index in [0.717, 1.165) is 22.6 Å². The summed E-state index contributed by atoms with van der Waals surface area (Å²) in [6.45, 7) is 3.73. The lowest BCUT2D eigenvalue weighted by atomic mass is 9.97. The minimum absolute atomic E-state index is 0.111. The number of carbonyl (C=O) groups excluding carboxylic acids is 2. The maximum atomic E-state index is 14.2. The number of halogens is 1. The smallest absolute Gasteiger partial charge is 0.254 e. The SMILES string of the molecule is CC(C)N(CC(=O)N1c2ccccc2-n2cccc2C1c1ccc(F)cc1)C(=O)c1ccc2c(c1)OCO2. The number of anilines is 1. The summed E-state index contributed by atoms with van der Waals surface area (Å²) in [5.74, 6) is 0.218. The minimum Gasteiger partial charge on any atom is -0.454 e. The molecule has 192 valence electrons. The molecule has 0 saturated carbocycles. The van der Waals surface area contributed by atoms with Gasteiger partial charge in [0.15, 0.2) is 11.5 Å².